The van der Waals surface area contributed by atoms with Crippen molar-refractivity contribution in [1.82, 2.24) is 14.4 Å². The Morgan fingerprint density at radius 2 is 1.58 bits per heavy atom. The highest BCUT2D eigenvalue weighted by Gasteiger charge is 2.27. The molecule has 1 aromatic heterocycles. The van der Waals surface area contributed by atoms with E-state index in [4.69, 9.17) is 0 Å². The lowest BCUT2D eigenvalue weighted by Crippen LogP contribution is -2.50. The molecular weight excluding hydrogens is 386 g/mol. The maximum atomic E-state index is 13.3. The molecule has 3 aromatic rings. The summed E-state index contributed by atoms with van der Waals surface area (Å²) in [5, 5.41) is 1.21. The monoisotopic (exact) mass is 417 g/mol. The first-order valence-electron chi connectivity index (χ1n) is 11.2. The SMILES string of the molecule is CCn1cc(C(CC(=O)N2CCN(C(C)=O)CC2)c2ccc(C)cc2)c2ccccc21. The molecule has 0 aliphatic carbocycles. The Morgan fingerprint density at radius 1 is 0.935 bits per heavy atom. The van der Waals surface area contributed by atoms with Crippen molar-refractivity contribution in [3.8, 4) is 0 Å². The maximum Gasteiger partial charge on any atom is 0.223 e. The van der Waals surface area contributed by atoms with E-state index < -0.39 is 0 Å². The third-order valence-electron chi connectivity index (χ3n) is 6.47. The molecule has 1 unspecified atom stereocenters. The van der Waals surface area contributed by atoms with Gasteiger partial charge in [-0.05, 0) is 31.0 Å². The van der Waals surface area contributed by atoms with E-state index in [1.807, 2.05) is 9.80 Å². The molecule has 1 fully saturated rings. The minimum Gasteiger partial charge on any atom is -0.347 e. The molecule has 0 bridgehead atoms. The quantitative estimate of drug-likeness (QED) is 0.625. The summed E-state index contributed by atoms with van der Waals surface area (Å²) in [7, 11) is 0. The van der Waals surface area contributed by atoms with Crippen LogP contribution in [-0.4, -0.2) is 52.4 Å². The number of carbonyl (C=O) groups excluding carboxylic acids is 2. The zero-order valence-electron chi connectivity index (χ0n) is 18.7. The topological polar surface area (TPSA) is 45.6 Å². The average molecular weight is 418 g/mol. The highest BCUT2D eigenvalue weighted by Crippen LogP contribution is 2.35. The molecule has 31 heavy (non-hydrogen) atoms. The number of hydrogen-bond acceptors (Lipinski definition) is 2. The molecule has 5 heteroatoms. The minimum absolute atomic E-state index is 0.00311. The van der Waals surface area contributed by atoms with E-state index in [1.54, 1.807) is 6.92 Å². The molecule has 162 valence electrons. The predicted octanol–water partition coefficient (Wildman–Crippen LogP) is 4.18. The smallest absolute Gasteiger partial charge is 0.223 e. The number of fused-ring (bicyclic) bond motifs is 1. The van der Waals surface area contributed by atoms with Crippen LogP contribution in [0.1, 0.15) is 42.9 Å². The highest BCUT2D eigenvalue weighted by molar-refractivity contribution is 5.87. The zero-order valence-corrected chi connectivity index (χ0v) is 18.7. The number of piperazine rings is 1. The Labute approximate surface area is 184 Å². The van der Waals surface area contributed by atoms with Crippen LogP contribution in [0.5, 0.6) is 0 Å². The van der Waals surface area contributed by atoms with Crippen molar-refractivity contribution in [1.29, 1.82) is 0 Å². The van der Waals surface area contributed by atoms with E-state index in [2.05, 4.69) is 73.1 Å². The van der Waals surface area contributed by atoms with Gasteiger partial charge in [0.25, 0.3) is 0 Å². The second-order valence-corrected chi connectivity index (χ2v) is 8.44. The predicted molar refractivity (Wildman–Crippen MR) is 124 cm³/mol. The first-order valence-corrected chi connectivity index (χ1v) is 11.2. The van der Waals surface area contributed by atoms with Crippen LogP contribution in [0.3, 0.4) is 0 Å². The Hall–Kier alpha value is -3.08. The van der Waals surface area contributed by atoms with Gasteiger partial charge in [-0.3, -0.25) is 9.59 Å². The van der Waals surface area contributed by atoms with Crippen LogP contribution >= 0.6 is 0 Å². The number of hydrogen-bond donors (Lipinski definition) is 0. The Bertz CT molecular complexity index is 1080. The average Bonchev–Trinajstić information content (AvgIpc) is 3.17. The third-order valence-corrected chi connectivity index (χ3v) is 6.47. The Balaban J connectivity index is 1.66. The Morgan fingerprint density at radius 3 is 2.23 bits per heavy atom. The van der Waals surface area contributed by atoms with Crippen molar-refractivity contribution in [2.24, 2.45) is 0 Å². The lowest BCUT2D eigenvalue weighted by Gasteiger charge is -2.35. The van der Waals surface area contributed by atoms with E-state index in [-0.39, 0.29) is 17.7 Å². The van der Waals surface area contributed by atoms with Gasteiger partial charge in [-0.1, -0.05) is 48.0 Å². The molecule has 4 rings (SSSR count). The summed E-state index contributed by atoms with van der Waals surface area (Å²) in [5.41, 5.74) is 4.79. The van der Waals surface area contributed by atoms with Crippen LogP contribution in [0.4, 0.5) is 0 Å². The molecule has 0 N–H and O–H groups in total. The van der Waals surface area contributed by atoms with Crippen molar-refractivity contribution >= 4 is 22.7 Å². The maximum absolute atomic E-state index is 13.3. The molecule has 1 saturated heterocycles. The van der Waals surface area contributed by atoms with Crippen molar-refractivity contribution in [3.05, 3.63) is 71.4 Å². The van der Waals surface area contributed by atoms with Gasteiger partial charge in [-0.2, -0.15) is 0 Å². The van der Waals surface area contributed by atoms with E-state index in [0.717, 1.165) is 6.54 Å². The number of aromatic nitrogens is 1. The lowest BCUT2D eigenvalue weighted by atomic mass is 9.87. The van der Waals surface area contributed by atoms with Crippen molar-refractivity contribution in [3.63, 3.8) is 0 Å². The van der Waals surface area contributed by atoms with Gasteiger partial charge in [0.15, 0.2) is 0 Å². The van der Waals surface area contributed by atoms with Gasteiger partial charge in [0.05, 0.1) is 0 Å². The van der Waals surface area contributed by atoms with E-state index in [0.29, 0.717) is 32.6 Å². The summed E-state index contributed by atoms with van der Waals surface area (Å²) in [6.45, 7) is 9.16. The molecule has 0 spiro atoms. The van der Waals surface area contributed by atoms with Crippen LogP contribution in [-0.2, 0) is 16.1 Å². The molecular formula is C26H31N3O2. The summed E-state index contributed by atoms with van der Waals surface area (Å²) in [6, 6.07) is 17.0. The molecule has 2 amide bonds. The molecule has 2 aromatic carbocycles. The van der Waals surface area contributed by atoms with E-state index in [1.165, 1.54) is 27.6 Å². The van der Waals surface area contributed by atoms with E-state index >= 15 is 0 Å². The summed E-state index contributed by atoms with van der Waals surface area (Å²) in [6.07, 6.45) is 2.65. The molecule has 2 heterocycles. The molecule has 1 aliphatic rings. The van der Waals surface area contributed by atoms with Gasteiger partial charge in [0.2, 0.25) is 11.8 Å². The second-order valence-electron chi connectivity index (χ2n) is 8.44. The number of benzene rings is 2. The molecule has 0 saturated carbocycles. The summed E-state index contributed by atoms with van der Waals surface area (Å²) in [4.78, 5) is 28.7. The number of amides is 2. The third kappa shape index (κ3) is 4.36. The minimum atomic E-state index is -0.00311. The van der Waals surface area contributed by atoms with Gasteiger partial charge in [-0.25, -0.2) is 0 Å². The fraction of sp³-hybridized carbons (Fsp3) is 0.385. The number of carbonyl (C=O) groups is 2. The van der Waals surface area contributed by atoms with Crippen LogP contribution in [0, 0.1) is 6.92 Å². The largest absolute Gasteiger partial charge is 0.347 e. The zero-order chi connectivity index (χ0) is 22.0. The van der Waals surface area contributed by atoms with Gasteiger partial charge in [0, 0.05) is 69.1 Å². The molecule has 1 atom stereocenters. The van der Waals surface area contributed by atoms with Gasteiger partial charge in [-0.15, -0.1) is 0 Å². The van der Waals surface area contributed by atoms with Gasteiger partial charge < -0.3 is 14.4 Å². The van der Waals surface area contributed by atoms with E-state index in [9.17, 15) is 9.59 Å². The lowest BCUT2D eigenvalue weighted by molar-refractivity contribution is -0.138. The molecule has 0 radical (unpaired) electrons. The standard InChI is InChI=1S/C26H31N3O2/c1-4-27-18-24(22-7-5-6-8-25(22)27)23(21-11-9-19(2)10-12-21)17-26(31)29-15-13-28(14-16-29)20(3)30/h5-12,18,23H,4,13-17H2,1-3H3. The van der Waals surface area contributed by atoms with Gasteiger partial charge >= 0.3 is 0 Å². The number of aryl methyl sites for hydroxylation is 2. The van der Waals surface area contributed by atoms with Crippen LogP contribution in [0.2, 0.25) is 0 Å². The molecule has 1 aliphatic heterocycles. The van der Waals surface area contributed by atoms with Crippen molar-refractivity contribution < 1.29 is 9.59 Å². The first kappa shape index (κ1) is 21.2. The van der Waals surface area contributed by atoms with Crippen molar-refractivity contribution in [2.45, 2.75) is 39.7 Å². The van der Waals surface area contributed by atoms with Crippen molar-refractivity contribution in [2.75, 3.05) is 26.2 Å². The highest BCUT2D eigenvalue weighted by atomic mass is 16.2. The molecule has 5 nitrogen and oxygen atoms in total. The first-order chi connectivity index (χ1) is 15.0. The van der Waals surface area contributed by atoms with Gasteiger partial charge in [0.1, 0.15) is 0 Å². The summed E-state index contributed by atoms with van der Waals surface area (Å²) < 4.78 is 2.27. The fourth-order valence-electron chi connectivity index (χ4n) is 4.60. The summed E-state index contributed by atoms with van der Waals surface area (Å²) in [5.74, 6) is 0.232. The normalized spacial score (nSPS) is 15.3. The number of para-hydroxylation sites is 1. The van der Waals surface area contributed by atoms with Crippen LogP contribution in [0.25, 0.3) is 10.9 Å². The summed E-state index contributed by atoms with van der Waals surface area (Å²) >= 11 is 0. The number of nitrogens with zero attached hydrogens (tertiary/aromatic N) is 3. The number of rotatable bonds is 5. The Kier molecular flexibility index (Phi) is 6.12. The second kappa shape index (κ2) is 8.96. The fourth-order valence-corrected chi connectivity index (χ4v) is 4.60. The van der Waals surface area contributed by atoms with Crippen LogP contribution < -0.4 is 0 Å². The van der Waals surface area contributed by atoms with Crippen LogP contribution in [0.15, 0.2) is 54.7 Å².